The van der Waals surface area contributed by atoms with E-state index in [1.165, 1.54) is 0 Å². The molecule has 0 saturated carbocycles. The van der Waals surface area contributed by atoms with Crippen molar-refractivity contribution in [2.75, 3.05) is 19.7 Å². The number of rotatable bonds is 3. The van der Waals surface area contributed by atoms with Gasteiger partial charge in [0, 0.05) is 38.5 Å². The summed E-state index contributed by atoms with van der Waals surface area (Å²) in [6.07, 6.45) is 6.66. The van der Waals surface area contributed by atoms with Crippen LogP contribution in [0.2, 0.25) is 0 Å². The van der Waals surface area contributed by atoms with Gasteiger partial charge in [-0.15, -0.1) is 0 Å². The first-order valence-electron chi connectivity index (χ1n) is 8.13. The zero-order chi connectivity index (χ0) is 16.6. The second-order valence-electron chi connectivity index (χ2n) is 6.49. The van der Waals surface area contributed by atoms with Gasteiger partial charge in [0.25, 0.3) is 5.91 Å². The number of ether oxygens (including phenoxy) is 2. The van der Waals surface area contributed by atoms with E-state index in [1.54, 1.807) is 23.3 Å². The van der Waals surface area contributed by atoms with E-state index in [4.69, 9.17) is 9.47 Å². The number of pyridine rings is 1. The first kappa shape index (κ1) is 15.1. The molecule has 2 fully saturated rings. The Kier molecular flexibility index (Phi) is 3.72. The molecule has 0 radical (unpaired) electrons. The Morgan fingerprint density at radius 1 is 1.46 bits per heavy atom. The molecular formula is C17H20N4O3. The Morgan fingerprint density at radius 3 is 3.12 bits per heavy atom. The zero-order valence-electron chi connectivity index (χ0n) is 13.6. The van der Waals surface area contributed by atoms with Gasteiger partial charge in [0.05, 0.1) is 30.5 Å². The van der Waals surface area contributed by atoms with Crippen LogP contribution in [0.25, 0.3) is 0 Å². The molecule has 1 spiro atoms. The highest BCUT2D eigenvalue weighted by molar-refractivity contribution is 5.94. The van der Waals surface area contributed by atoms with Gasteiger partial charge in [-0.1, -0.05) is 6.07 Å². The van der Waals surface area contributed by atoms with Gasteiger partial charge in [-0.05, 0) is 12.5 Å². The molecule has 0 bridgehead atoms. The summed E-state index contributed by atoms with van der Waals surface area (Å²) in [6.45, 7) is 1.83. The van der Waals surface area contributed by atoms with Crippen molar-refractivity contribution in [2.24, 2.45) is 7.05 Å². The Hall–Kier alpha value is -2.41. The molecule has 7 heteroatoms. The topological polar surface area (TPSA) is 69.5 Å². The number of likely N-dealkylation sites (tertiary alicyclic amines) is 1. The molecule has 7 nitrogen and oxygen atoms in total. The van der Waals surface area contributed by atoms with E-state index in [2.05, 4.69) is 10.1 Å². The maximum absolute atomic E-state index is 12.5. The number of nitrogens with zero attached hydrogens (tertiary/aromatic N) is 4. The number of aryl methyl sites for hydroxylation is 1. The Morgan fingerprint density at radius 2 is 2.38 bits per heavy atom. The molecular weight excluding hydrogens is 308 g/mol. The average Bonchev–Trinajstić information content (AvgIpc) is 3.30. The molecule has 2 aliphatic rings. The Balaban J connectivity index is 1.38. The third-order valence-corrected chi connectivity index (χ3v) is 4.66. The fourth-order valence-corrected chi connectivity index (χ4v) is 3.48. The predicted molar refractivity (Wildman–Crippen MR) is 85.7 cm³/mol. The van der Waals surface area contributed by atoms with E-state index in [0.29, 0.717) is 31.1 Å². The van der Waals surface area contributed by atoms with Gasteiger partial charge in [-0.2, -0.15) is 5.10 Å². The third-order valence-electron chi connectivity index (χ3n) is 4.66. The van der Waals surface area contributed by atoms with Gasteiger partial charge < -0.3 is 14.4 Å². The SMILES string of the molecule is Cn1cc(C(=O)N2CC[C@]3(C[C@H](Oc4ccccn4)CO3)C2)cn1. The fourth-order valence-electron chi connectivity index (χ4n) is 3.48. The van der Waals surface area contributed by atoms with Crippen molar-refractivity contribution in [1.82, 2.24) is 19.7 Å². The summed E-state index contributed by atoms with van der Waals surface area (Å²) in [6, 6.07) is 5.61. The molecule has 4 heterocycles. The molecule has 2 aromatic heterocycles. The van der Waals surface area contributed by atoms with E-state index < -0.39 is 0 Å². The van der Waals surface area contributed by atoms with Crippen molar-refractivity contribution in [1.29, 1.82) is 0 Å². The highest BCUT2D eigenvalue weighted by Gasteiger charge is 2.47. The minimum atomic E-state index is -0.294. The highest BCUT2D eigenvalue weighted by atomic mass is 16.6. The predicted octanol–water partition coefficient (Wildman–Crippen LogP) is 1.27. The maximum atomic E-state index is 12.5. The minimum Gasteiger partial charge on any atom is -0.472 e. The molecule has 24 heavy (non-hydrogen) atoms. The smallest absolute Gasteiger partial charge is 0.257 e. The van der Waals surface area contributed by atoms with E-state index in [1.807, 2.05) is 30.1 Å². The molecule has 0 N–H and O–H groups in total. The number of carbonyl (C=O) groups is 1. The molecule has 2 aromatic rings. The summed E-state index contributed by atoms with van der Waals surface area (Å²) in [5.41, 5.74) is 0.325. The first-order chi connectivity index (χ1) is 11.6. The Labute approximate surface area is 140 Å². The molecule has 0 aliphatic carbocycles. The van der Waals surface area contributed by atoms with Crippen LogP contribution in [-0.4, -0.2) is 57.0 Å². The van der Waals surface area contributed by atoms with Crippen molar-refractivity contribution in [3.8, 4) is 5.88 Å². The molecule has 126 valence electrons. The first-order valence-corrected chi connectivity index (χ1v) is 8.13. The monoisotopic (exact) mass is 328 g/mol. The summed E-state index contributed by atoms with van der Waals surface area (Å²) in [7, 11) is 1.81. The van der Waals surface area contributed by atoms with Crippen LogP contribution < -0.4 is 4.74 Å². The number of carbonyl (C=O) groups excluding carboxylic acids is 1. The average molecular weight is 328 g/mol. The van der Waals surface area contributed by atoms with Gasteiger partial charge in [0.15, 0.2) is 0 Å². The molecule has 0 unspecified atom stereocenters. The lowest BCUT2D eigenvalue weighted by atomic mass is 9.98. The largest absolute Gasteiger partial charge is 0.472 e. The summed E-state index contributed by atoms with van der Waals surface area (Å²) < 4.78 is 13.6. The van der Waals surface area contributed by atoms with Crippen LogP contribution in [0.4, 0.5) is 0 Å². The van der Waals surface area contributed by atoms with Gasteiger partial charge in [0.2, 0.25) is 5.88 Å². The highest BCUT2D eigenvalue weighted by Crippen LogP contribution is 2.36. The van der Waals surface area contributed by atoms with Gasteiger partial charge >= 0.3 is 0 Å². The molecule has 2 atom stereocenters. The number of amides is 1. The van der Waals surface area contributed by atoms with Crippen molar-refractivity contribution < 1.29 is 14.3 Å². The maximum Gasteiger partial charge on any atom is 0.257 e. The zero-order valence-corrected chi connectivity index (χ0v) is 13.6. The van der Waals surface area contributed by atoms with Crippen LogP contribution in [0.3, 0.4) is 0 Å². The molecule has 2 aliphatic heterocycles. The normalized spacial score (nSPS) is 26.2. The lowest BCUT2D eigenvalue weighted by Gasteiger charge is -2.23. The van der Waals surface area contributed by atoms with Crippen molar-refractivity contribution in [3.05, 3.63) is 42.4 Å². The van der Waals surface area contributed by atoms with Gasteiger partial charge in [-0.25, -0.2) is 4.98 Å². The second kappa shape index (κ2) is 5.90. The second-order valence-corrected chi connectivity index (χ2v) is 6.49. The minimum absolute atomic E-state index is 0.0117. The summed E-state index contributed by atoms with van der Waals surface area (Å²) >= 11 is 0. The molecule has 4 rings (SSSR count). The van der Waals surface area contributed by atoms with E-state index in [9.17, 15) is 4.79 Å². The van der Waals surface area contributed by atoms with Crippen molar-refractivity contribution >= 4 is 5.91 Å². The van der Waals surface area contributed by atoms with Gasteiger partial charge in [-0.3, -0.25) is 9.48 Å². The van der Waals surface area contributed by atoms with Crippen molar-refractivity contribution in [2.45, 2.75) is 24.5 Å². The van der Waals surface area contributed by atoms with Crippen LogP contribution in [-0.2, 0) is 11.8 Å². The standard InChI is InChI=1S/C17H20N4O3/c1-20-10-13(9-19-20)16(22)21-7-5-17(12-21)8-14(11-23-17)24-15-4-2-3-6-18-15/h2-4,6,9-10,14H,5,7-8,11-12H2,1H3/t14-,17-/m0/s1. The summed E-state index contributed by atoms with van der Waals surface area (Å²) in [4.78, 5) is 18.6. The van der Waals surface area contributed by atoms with Crippen LogP contribution >= 0.6 is 0 Å². The lowest BCUT2D eigenvalue weighted by Crippen LogP contribution is -2.36. The van der Waals surface area contributed by atoms with Crippen molar-refractivity contribution in [3.63, 3.8) is 0 Å². The fraction of sp³-hybridized carbons (Fsp3) is 0.471. The lowest BCUT2D eigenvalue weighted by molar-refractivity contribution is 0.00985. The number of hydrogen-bond donors (Lipinski definition) is 0. The van der Waals surface area contributed by atoms with Crippen LogP contribution in [0.15, 0.2) is 36.8 Å². The summed E-state index contributed by atoms with van der Waals surface area (Å²) in [5, 5.41) is 4.07. The molecule has 1 amide bonds. The third kappa shape index (κ3) is 2.87. The summed E-state index contributed by atoms with van der Waals surface area (Å²) in [5.74, 6) is 0.627. The quantitative estimate of drug-likeness (QED) is 0.849. The van der Waals surface area contributed by atoms with Crippen LogP contribution in [0.5, 0.6) is 5.88 Å². The molecule has 2 saturated heterocycles. The van der Waals surface area contributed by atoms with E-state index in [0.717, 1.165) is 12.8 Å². The van der Waals surface area contributed by atoms with Crippen LogP contribution in [0, 0.1) is 0 Å². The number of aromatic nitrogens is 3. The molecule has 0 aromatic carbocycles. The van der Waals surface area contributed by atoms with E-state index in [-0.39, 0.29) is 17.6 Å². The van der Waals surface area contributed by atoms with Crippen LogP contribution in [0.1, 0.15) is 23.2 Å². The van der Waals surface area contributed by atoms with E-state index >= 15 is 0 Å². The number of hydrogen-bond acceptors (Lipinski definition) is 5. The Bertz CT molecular complexity index is 732. The van der Waals surface area contributed by atoms with Gasteiger partial charge in [0.1, 0.15) is 6.10 Å².